The van der Waals surface area contributed by atoms with E-state index >= 15 is 0 Å². The molecule has 198 valence electrons. The summed E-state index contributed by atoms with van der Waals surface area (Å²) in [6, 6.07) is 19.6. The van der Waals surface area contributed by atoms with Crippen LogP contribution in [0.2, 0.25) is 0 Å². The van der Waals surface area contributed by atoms with Crippen molar-refractivity contribution in [3.8, 4) is 28.1 Å². The molecule has 0 bridgehead atoms. The summed E-state index contributed by atoms with van der Waals surface area (Å²) in [6.45, 7) is 5.74. The molecule has 0 aliphatic heterocycles. The van der Waals surface area contributed by atoms with Crippen LogP contribution < -0.4 is 15.8 Å². The molecule has 3 heterocycles. The minimum Gasteiger partial charge on any atom is -0.497 e. The second-order valence-electron chi connectivity index (χ2n) is 8.84. The maximum atomic E-state index is 13.6. The van der Waals surface area contributed by atoms with Crippen molar-refractivity contribution in [3.63, 3.8) is 0 Å². The number of benzene rings is 2. The summed E-state index contributed by atoms with van der Waals surface area (Å²) in [6.07, 6.45) is 0. The van der Waals surface area contributed by atoms with E-state index in [1.54, 1.807) is 14.0 Å². The fourth-order valence-electron chi connectivity index (χ4n) is 4.37. The monoisotopic (exact) mass is 557 g/mol. The van der Waals surface area contributed by atoms with Gasteiger partial charge >= 0.3 is 5.97 Å². The van der Waals surface area contributed by atoms with Gasteiger partial charge in [0.05, 0.1) is 30.7 Å². The molecule has 39 heavy (non-hydrogen) atoms. The number of carbonyl (C=O) groups is 2. The van der Waals surface area contributed by atoms with Gasteiger partial charge in [0.1, 0.15) is 20.5 Å². The second kappa shape index (κ2) is 10.9. The first-order valence-electron chi connectivity index (χ1n) is 12.3. The third-order valence-electron chi connectivity index (χ3n) is 6.47. The number of rotatable bonds is 7. The number of hydrogen-bond acceptors (Lipinski definition) is 8. The van der Waals surface area contributed by atoms with E-state index in [0.717, 1.165) is 38.6 Å². The van der Waals surface area contributed by atoms with E-state index < -0.39 is 11.9 Å². The molecule has 0 fully saturated rings. The number of hydrogen-bond donors (Lipinski definition) is 2. The lowest BCUT2D eigenvalue weighted by Gasteiger charge is -2.10. The zero-order valence-electron chi connectivity index (χ0n) is 22.0. The number of amides is 1. The normalized spacial score (nSPS) is 11.0. The summed E-state index contributed by atoms with van der Waals surface area (Å²) < 4.78 is 10.6. The van der Waals surface area contributed by atoms with Crippen LogP contribution in [-0.4, -0.2) is 30.6 Å². The number of nitrogens with one attached hydrogen (secondary N) is 1. The largest absolute Gasteiger partial charge is 0.497 e. The molecule has 0 aliphatic carbocycles. The topological polar surface area (TPSA) is 104 Å². The van der Waals surface area contributed by atoms with Crippen molar-refractivity contribution in [3.05, 3.63) is 81.5 Å². The first-order valence-corrected chi connectivity index (χ1v) is 14.0. The highest BCUT2D eigenvalue weighted by Crippen LogP contribution is 2.42. The highest BCUT2D eigenvalue weighted by atomic mass is 32.1. The number of nitrogens with zero attached hydrogens (tertiary/aromatic N) is 1. The number of methoxy groups -OCH3 is 1. The Morgan fingerprint density at radius 3 is 2.38 bits per heavy atom. The summed E-state index contributed by atoms with van der Waals surface area (Å²) in [5.41, 5.74) is 11.7. The van der Waals surface area contributed by atoms with Gasteiger partial charge in [-0.2, -0.15) is 0 Å². The Labute approximate surface area is 234 Å². The molecule has 7 nitrogen and oxygen atoms in total. The molecule has 5 rings (SSSR count). The quantitative estimate of drug-likeness (QED) is 0.203. The van der Waals surface area contributed by atoms with Crippen molar-refractivity contribution in [1.82, 2.24) is 4.98 Å². The molecule has 0 spiro atoms. The number of esters is 1. The molecular formula is C30H27N3O4S2. The molecule has 0 saturated heterocycles. The number of aryl methyl sites for hydroxylation is 1. The SMILES string of the molecule is CCOC(=O)c1c(NC(=O)c2sc3nc(-c4ccccc4)cc(-c4ccc(OC)cc4)c3c2N)sc(C)c1C. The number of fused-ring (bicyclic) bond motifs is 1. The van der Waals surface area contributed by atoms with Crippen molar-refractivity contribution in [2.45, 2.75) is 20.8 Å². The van der Waals surface area contributed by atoms with Gasteiger partial charge in [-0.05, 0) is 55.7 Å². The Morgan fingerprint density at radius 2 is 1.72 bits per heavy atom. The molecule has 1 amide bonds. The minimum atomic E-state index is -0.463. The van der Waals surface area contributed by atoms with Gasteiger partial charge in [0.15, 0.2) is 0 Å². The van der Waals surface area contributed by atoms with Gasteiger partial charge in [-0.3, -0.25) is 4.79 Å². The van der Waals surface area contributed by atoms with Crippen molar-refractivity contribution in [1.29, 1.82) is 0 Å². The van der Waals surface area contributed by atoms with Crippen molar-refractivity contribution < 1.29 is 19.1 Å². The fourth-order valence-corrected chi connectivity index (χ4v) is 6.43. The Kier molecular flexibility index (Phi) is 7.36. The summed E-state index contributed by atoms with van der Waals surface area (Å²) in [5, 5.41) is 4.07. The van der Waals surface area contributed by atoms with E-state index in [4.69, 9.17) is 20.2 Å². The number of carbonyl (C=O) groups excluding carboxylic acids is 2. The van der Waals surface area contributed by atoms with Gasteiger partial charge in [-0.1, -0.05) is 42.5 Å². The molecule has 3 N–H and O–H groups in total. The zero-order chi connectivity index (χ0) is 27.7. The number of anilines is 2. The molecule has 5 aromatic rings. The van der Waals surface area contributed by atoms with Crippen LogP contribution in [0.25, 0.3) is 32.6 Å². The maximum absolute atomic E-state index is 13.6. The Hall–Kier alpha value is -4.21. The zero-order valence-corrected chi connectivity index (χ0v) is 23.6. The smallest absolute Gasteiger partial charge is 0.341 e. The molecule has 9 heteroatoms. The lowest BCUT2D eigenvalue weighted by atomic mass is 9.99. The third kappa shape index (κ3) is 4.98. The lowest BCUT2D eigenvalue weighted by Crippen LogP contribution is -2.15. The lowest BCUT2D eigenvalue weighted by molar-refractivity contribution is 0.0527. The number of nitrogen functional groups attached to an aromatic ring is 1. The van der Waals surface area contributed by atoms with Gasteiger partial charge in [0, 0.05) is 15.8 Å². The third-order valence-corrected chi connectivity index (χ3v) is 8.69. The van der Waals surface area contributed by atoms with Crippen LogP contribution in [0.1, 0.15) is 37.4 Å². The van der Waals surface area contributed by atoms with Crippen LogP contribution in [0.4, 0.5) is 10.7 Å². The number of thiophene rings is 2. The van der Waals surface area contributed by atoms with Crippen LogP contribution in [0.3, 0.4) is 0 Å². The fraction of sp³-hybridized carbons (Fsp3) is 0.167. The molecule has 2 aromatic carbocycles. The molecule has 0 aliphatic rings. The van der Waals surface area contributed by atoms with Gasteiger partial charge < -0.3 is 20.5 Å². The van der Waals surface area contributed by atoms with E-state index in [-0.39, 0.29) is 6.61 Å². The number of aromatic nitrogens is 1. The van der Waals surface area contributed by atoms with Crippen molar-refractivity contribution >= 4 is 55.5 Å². The molecule has 0 unspecified atom stereocenters. The Bertz CT molecular complexity index is 1690. The van der Waals surface area contributed by atoms with Crippen molar-refractivity contribution in [2.75, 3.05) is 24.8 Å². The van der Waals surface area contributed by atoms with Crippen LogP contribution in [0.5, 0.6) is 5.75 Å². The summed E-state index contributed by atoms with van der Waals surface area (Å²) >= 11 is 2.57. The summed E-state index contributed by atoms with van der Waals surface area (Å²) in [7, 11) is 1.62. The minimum absolute atomic E-state index is 0.243. The molecule has 0 saturated carbocycles. The first-order chi connectivity index (χ1) is 18.8. The number of nitrogens with two attached hydrogens (primary N) is 1. The number of ether oxygens (including phenoxy) is 2. The molecule has 0 atom stereocenters. The maximum Gasteiger partial charge on any atom is 0.341 e. The van der Waals surface area contributed by atoms with Crippen LogP contribution in [-0.2, 0) is 4.74 Å². The van der Waals surface area contributed by atoms with Gasteiger partial charge in [0.25, 0.3) is 5.91 Å². The highest BCUT2D eigenvalue weighted by Gasteiger charge is 2.26. The van der Waals surface area contributed by atoms with Crippen molar-refractivity contribution in [2.24, 2.45) is 0 Å². The van der Waals surface area contributed by atoms with Crippen LogP contribution in [0.15, 0.2) is 60.7 Å². The van der Waals surface area contributed by atoms with Gasteiger partial charge in [0.2, 0.25) is 0 Å². The predicted molar refractivity (Wildman–Crippen MR) is 159 cm³/mol. The predicted octanol–water partition coefficient (Wildman–Crippen LogP) is 7.33. The number of pyridine rings is 1. The average Bonchev–Trinajstić information content (AvgIpc) is 3.43. The van der Waals surface area contributed by atoms with Crippen LogP contribution in [0, 0.1) is 13.8 Å². The standard InChI is InChI=1S/C30H27N3O4S2/c1-5-37-30(35)23-16(2)17(3)38-28(23)33-27(34)26-25(31)24-21(18-11-13-20(36-4)14-12-18)15-22(32-29(24)39-26)19-9-7-6-8-10-19/h6-15H,5,31H2,1-4H3,(H,33,34). The first kappa shape index (κ1) is 26.4. The van der Waals surface area contributed by atoms with E-state index in [2.05, 4.69) is 5.32 Å². The van der Waals surface area contributed by atoms with E-state index in [1.165, 1.54) is 22.7 Å². The average molecular weight is 558 g/mol. The van der Waals surface area contributed by atoms with Gasteiger partial charge in [-0.25, -0.2) is 9.78 Å². The molecule has 0 radical (unpaired) electrons. The second-order valence-corrected chi connectivity index (χ2v) is 11.1. The summed E-state index contributed by atoms with van der Waals surface area (Å²) in [4.78, 5) is 33.0. The summed E-state index contributed by atoms with van der Waals surface area (Å²) in [5.74, 6) is -0.121. The highest BCUT2D eigenvalue weighted by molar-refractivity contribution is 7.21. The Balaban J connectivity index is 1.63. The van der Waals surface area contributed by atoms with E-state index in [1.807, 2.05) is 74.5 Å². The van der Waals surface area contributed by atoms with Gasteiger partial charge in [-0.15, -0.1) is 22.7 Å². The van der Waals surface area contributed by atoms with E-state index in [9.17, 15) is 9.59 Å². The van der Waals surface area contributed by atoms with E-state index in [0.29, 0.717) is 31.3 Å². The van der Waals surface area contributed by atoms with Crippen LogP contribution >= 0.6 is 22.7 Å². The Morgan fingerprint density at radius 1 is 1.00 bits per heavy atom. The molecular weight excluding hydrogens is 530 g/mol. The molecule has 3 aromatic heterocycles.